The minimum atomic E-state index is -0.215. The number of benzene rings is 1. The second kappa shape index (κ2) is 5.98. The zero-order valence-corrected chi connectivity index (χ0v) is 9.32. The van der Waals surface area contributed by atoms with Gasteiger partial charge in [-0.05, 0) is 23.6 Å². The molecule has 0 amide bonds. The predicted octanol–water partition coefficient (Wildman–Crippen LogP) is 4.63. The maximum absolute atomic E-state index is 13.0. The maximum atomic E-state index is 13.0. The summed E-state index contributed by atoms with van der Waals surface area (Å²) in [6.45, 7) is 7.90. The highest BCUT2D eigenvalue weighted by atomic mass is 35.5. The zero-order chi connectivity index (χ0) is 10.4. The van der Waals surface area contributed by atoms with Gasteiger partial charge in [0.25, 0.3) is 0 Å². The van der Waals surface area contributed by atoms with Crippen LogP contribution in [0.15, 0.2) is 18.2 Å². The standard InChI is InChI=1S/C9H10ClF.C2H6/c1-6(2)8-4-3-7(10)5-9(8)11;1-2/h3-6H,1-2H3;1-2H3. The van der Waals surface area contributed by atoms with Crippen molar-refractivity contribution in [3.05, 3.63) is 34.6 Å². The quantitative estimate of drug-likeness (QED) is 0.623. The van der Waals surface area contributed by atoms with E-state index in [1.165, 1.54) is 6.07 Å². The van der Waals surface area contributed by atoms with Gasteiger partial charge >= 0.3 is 0 Å². The van der Waals surface area contributed by atoms with Crippen molar-refractivity contribution in [2.75, 3.05) is 0 Å². The Morgan fingerprint density at radius 3 is 2.15 bits per heavy atom. The van der Waals surface area contributed by atoms with E-state index in [1.807, 2.05) is 27.7 Å². The Kier molecular flexibility index (Phi) is 5.72. The summed E-state index contributed by atoms with van der Waals surface area (Å²) in [6, 6.07) is 4.78. The van der Waals surface area contributed by atoms with Gasteiger partial charge in [-0.2, -0.15) is 0 Å². The van der Waals surface area contributed by atoms with Crippen LogP contribution >= 0.6 is 11.6 Å². The van der Waals surface area contributed by atoms with Crippen LogP contribution in [0.3, 0.4) is 0 Å². The molecule has 0 saturated heterocycles. The van der Waals surface area contributed by atoms with Gasteiger partial charge in [0.1, 0.15) is 5.82 Å². The number of rotatable bonds is 1. The summed E-state index contributed by atoms with van der Waals surface area (Å²) in [7, 11) is 0. The number of hydrogen-bond donors (Lipinski definition) is 0. The molecule has 0 aliphatic carbocycles. The van der Waals surface area contributed by atoms with E-state index in [9.17, 15) is 4.39 Å². The van der Waals surface area contributed by atoms with Gasteiger partial charge in [-0.3, -0.25) is 0 Å². The molecule has 0 aliphatic rings. The second-order valence-corrected chi connectivity index (χ2v) is 3.26. The summed E-state index contributed by atoms with van der Waals surface area (Å²) >= 11 is 5.58. The highest BCUT2D eigenvalue weighted by Gasteiger charge is 2.05. The molecule has 1 aromatic rings. The lowest BCUT2D eigenvalue weighted by Crippen LogP contribution is -1.91. The average molecular weight is 203 g/mol. The molecule has 0 bridgehead atoms. The van der Waals surface area contributed by atoms with Crippen LogP contribution in [0.4, 0.5) is 4.39 Å². The molecule has 74 valence electrons. The Morgan fingerprint density at radius 2 is 1.77 bits per heavy atom. The van der Waals surface area contributed by atoms with Crippen LogP contribution < -0.4 is 0 Å². The van der Waals surface area contributed by atoms with Gasteiger partial charge in [0, 0.05) is 5.02 Å². The van der Waals surface area contributed by atoms with Gasteiger partial charge < -0.3 is 0 Å². The van der Waals surface area contributed by atoms with E-state index in [1.54, 1.807) is 12.1 Å². The van der Waals surface area contributed by atoms with E-state index in [4.69, 9.17) is 11.6 Å². The highest BCUT2D eigenvalue weighted by molar-refractivity contribution is 6.30. The van der Waals surface area contributed by atoms with Crippen LogP contribution in [-0.4, -0.2) is 0 Å². The summed E-state index contributed by atoms with van der Waals surface area (Å²) in [6.07, 6.45) is 0. The van der Waals surface area contributed by atoms with Gasteiger partial charge in [0.2, 0.25) is 0 Å². The van der Waals surface area contributed by atoms with E-state index < -0.39 is 0 Å². The Morgan fingerprint density at radius 1 is 1.23 bits per heavy atom. The van der Waals surface area contributed by atoms with Crippen molar-refractivity contribution in [3.8, 4) is 0 Å². The third kappa shape index (κ3) is 3.77. The molecule has 0 aromatic heterocycles. The minimum Gasteiger partial charge on any atom is -0.207 e. The Balaban J connectivity index is 0.000000671. The lowest BCUT2D eigenvalue weighted by Gasteiger charge is -2.05. The third-order valence-electron chi connectivity index (χ3n) is 1.58. The first-order valence-electron chi connectivity index (χ1n) is 4.56. The van der Waals surface area contributed by atoms with E-state index in [0.29, 0.717) is 5.02 Å². The molecule has 0 radical (unpaired) electrons. The van der Waals surface area contributed by atoms with Crippen LogP contribution in [0, 0.1) is 5.82 Å². The summed E-state index contributed by atoms with van der Waals surface area (Å²) < 4.78 is 13.0. The van der Waals surface area contributed by atoms with Crippen molar-refractivity contribution in [1.82, 2.24) is 0 Å². The lowest BCUT2D eigenvalue weighted by atomic mass is 10.0. The van der Waals surface area contributed by atoms with Gasteiger partial charge in [0.15, 0.2) is 0 Å². The smallest absolute Gasteiger partial charge is 0.128 e. The van der Waals surface area contributed by atoms with Crippen molar-refractivity contribution in [2.24, 2.45) is 0 Å². The second-order valence-electron chi connectivity index (χ2n) is 2.82. The summed E-state index contributed by atoms with van der Waals surface area (Å²) in [5.74, 6) is -0.000216. The molecule has 0 unspecified atom stereocenters. The fraction of sp³-hybridized carbons (Fsp3) is 0.455. The normalized spacial score (nSPS) is 9.46. The highest BCUT2D eigenvalue weighted by Crippen LogP contribution is 2.21. The van der Waals surface area contributed by atoms with Crippen LogP contribution in [-0.2, 0) is 0 Å². The summed E-state index contributed by atoms with van der Waals surface area (Å²) in [5, 5.41) is 0.451. The first-order chi connectivity index (χ1) is 6.11. The zero-order valence-electron chi connectivity index (χ0n) is 8.57. The largest absolute Gasteiger partial charge is 0.207 e. The molecule has 0 saturated carbocycles. The first-order valence-corrected chi connectivity index (χ1v) is 4.94. The molecule has 2 heteroatoms. The molecule has 0 fully saturated rings. The Labute approximate surface area is 84.7 Å². The van der Waals surface area contributed by atoms with Gasteiger partial charge in [-0.15, -0.1) is 0 Å². The summed E-state index contributed by atoms with van der Waals surface area (Å²) in [5.41, 5.74) is 0.717. The van der Waals surface area contributed by atoms with Gasteiger partial charge in [-0.1, -0.05) is 45.4 Å². The lowest BCUT2D eigenvalue weighted by molar-refractivity contribution is 0.598. The minimum absolute atomic E-state index is 0.215. The first kappa shape index (κ1) is 12.4. The Hall–Kier alpha value is -0.560. The molecule has 13 heavy (non-hydrogen) atoms. The van der Waals surface area contributed by atoms with Crippen LogP contribution in [0.5, 0.6) is 0 Å². The van der Waals surface area contributed by atoms with Crippen molar-refractivity contribution < 1.29 is 4.39 Å². The van der Waals surface area contributed by atoms with Crippen LogP contribution in [0.2, 0.25) is 5.02 Å². The van der Waals surface area contributed by atoms with Gasteiger partial charge in [-0.25, -0.2) is 4.39 Å². The molecule has 0 spiro atoms. The fourth-order valence-electron chi connectivity index (χ4n) is 0.970. The topological polar surface area (TPSA) is 0 Å². The Bertz CT molecular complexity index is 256. The molecular weight excluding hydrogens is 187 g/mol. The predicted molar refractivity (Wildman–Crippen MR) is 56.8 cm³/mol. The molecule has 0 heterocycles. The molecular formula is C11H16ClF. The third-order valence-corrected chi connectivity index (χ3v) is 1.82. The average Bonchev–Trinajstić information content (AvgIpc) is 2.07. The monoisotopic (exact) mass is 202 g/mol. The van der Waals surface area contributed by atoms with Crippen LogP contribution in [0.1, 0.15) is 39.2 Å². The molecule has 1 aromatic carbocycles. The maximum Gasteiger partial charge on any atom is 0.128 e. The van der Waals surface area contributed by atoms with E-state index in [2.05, 4.69) is 0 Å². The van der Waals surface area contributed by atoms with E-state index in [-0.39, 0.29) is 11.7 Å². The molecule has 1 rings (SSSR count). The fourth-order valence-corrected chi connectivity index (χ4v) is 1.13. The van der Waals surface area contributed by atoms with E-state index >= 15 is 0 Å². The van der Waals surface area contributed by atoms with E-state index in [0.717, 1.165) is 5.56 Å². The van der Waals surface area contributed by atoms with Crippen molar-refractivity contribution in [3.63, 3.8) is 0 Å². The van der Waals surface area contributed by atoms with Crippen LogP contribution in [0.25, 0.3) is 0 Å². The molecule has 0 atom stereocenters. The van der Waals surface area contributed by atoms with Crippen molar-refractivity contribution in [1.29, 1.82) is 0 Å². The van der Waals surface area contributed by atoms with Gasteiger partial charge in [0.05, 0.1) is 0 Å². The molecule has 0 N–H and O–H groups in total. The number of hydrogen-bond acceptors (Lipinski definition) is 0. The summed E-state index contributed by atoms with van der Waals surface area (Å²) in [4.78, 5) is 0. The van der Waals surface area contributed by atoms with Crippen molar-refractivity contribution in [2.45, 2.75) is 33.6 Å². The molecule has 0 aliphatic heterocycles. The van der Waals surface area contributed by atoms with Crippen molar-refractivity contribution >= 4 is 11.6 Å². The number of halogens is 2. The SMILES string of the molecule is CC.CC(C)c1ccc(Cl)cc1F. The molecule has 0 nitrogen and oxygen atoms in total.